The minimum Gasteiger partial charge on any atom is -0.396 e. The summed E-state index contributed by atoms with van der Waals surface area (Å²) in [5, 5.41) is 13.0. The molecule has 4 heteroatoms. The lowest BCUT2D eigenvalue weighted by Crippen LogP contribution is -2.37. The lowest BCUT2D eigenvalue weighted by atomic mass is 10.1. The zero-order valence-electron chi connectivity index (χ0n) is 11.2. The molecule has 19 heavy (non-hydrogen) atoms. The molecule has 0 aliphatic rings. The van der Waals surface area contributed by atoms with Gasteiger partial charge < -0.3 is 15.0 Å². The second-order valence-corrected chi connectivity index (χ2v) is 4.69. The van der Waals surface area contributed by atoms with Crippen LogP contribution >= 0.6 is 0 Å². The summed E-state index contributed by atoms with van der Waals surface area (Å²) in [5.74, 6) is -0.0124. The Morgan fingerprint density at radius 2 is 2.16 bits per heavy atom. The van der Waals surface area contributed by atoms with Crippen molar-refractivity contribution < 1.29 is 9.90 Å². The van der Waals surface area contributed by atoms with E-state index in [1.54, 1.807) is 0 Å². The maximum Gasteiger partial charge on any atom is 0.240 e. The number of para-hydroxylation sites is 1. The van der Waals surface area contributed by atoms with Crippen LogP contribution in [0.4, 0.5) is 0 Å². The van der Waals surface area contributed by atoms with Crippen molar-refractivity contribution in [3.8, 4) is 0 Å². The van der Waals surface area contributed by atoms with Crippen LogP contribution in [0.5, 0.6) is 0 Å². The third kappa shape index (κ3) is 3.35. The van der Waals surface area contributed by atoms with Gasteiger partial charge in [0.15, 0.2) is 0 Å². The molecule has 0 radical (unpaired) electrons. The van der Waals surface area contributed by atoms with Gasteiger partial charge in [0.25, 0.3) is 0 Å². The number of amides is 1. The summed E-state index contributed by atoms with van der Waals surface area (Å²) in [5.41, 5.74) is 1.06. The van der Waals surface area contributed by atoms with Gasteiger partial charge in [-0.25, -0.2) is 0 Å². The highest BCUT2D eigenvalue weighted by Gasteiger charge is 2.11. The maximum absolute atomic E-state index is 12.0. The van der Waals surface area contributed by atoms with Gasteiger partial charge in [0.1, 0.15) is 6.54 Å². The lowest BCUT2D eigenvalue weighted by Gasteiger charge is -2.16. The molecule has 1 heterocycles. The van der Waals surface area contributed by atoms with E-state index in [9.17, 15) is 4.79 Å². The first-order valence-corrected chi connectivity index (χ1v) is 6.68. The highest BCUT2D eigenvalue weighted by molar-refractivity contribution is 5.83. The van der Waals surface area contributed by atoms with Crippen LogP contribution in [0.2, 0.25) is 0 Å². The van der Waals surface area contributed by atoms with E-state index in [1.165, 1.54) is 0 Å². The van der Waals surface area contributed by atoms with Gasteiger partial charge in [-0.05, 0) is 30.4 Å². The van der Waals surface area contributed by atoms with Crippen LogP contribution in [0, 0.1) is 0 Å². The van der Waals surface area contributed by atoms with Crippen LogP contribution in [-0.2, 0) is 11.3 Å². The van der Waals surface area contributed by atoms with Crippen LogP contribution in [0.1, 0.15) is 19.8 Å². The molecular weight excluding hydrogens is 240 g/mol. The Kier molecular flexibility index (Phi) is 4.58. The normalized spacial score (nSPS) is 12.5. The summed E-state index contributed by atoms with van der Waals surface area (Å²) in [6.07, 6.45) is 3.37. The Labute approximate surface area is 113 Å². The molecule has 1 aromatic carbocycles. The van der Waals surface area contributed by atoms with Crippen LogP contribution in [0.15, 0.2) is 36.5 Å². The number of carbonyl (C=O) groups excluding carboxylic acids is 1. The van der Waals surface area contributed by atoms with Crippen molar-refractivity contribution in [2.75, 3.05) is 6.61 Å². The van der Waals surface area contributed by atoms with Gasteiger partial charge in [-0.3, -0.25) is 4.79 Å². The molecule has 2 N–H and O–H groups in total. The first kappa shape index (κ1) is 13.6. The smallest absolute Gasteiger partial charge is 0.240 e. The second-order valence-electron chi connectivity index (χ2n) is 4.69. The average Bonchev–Trinajstić information content (AvgIpc) is 2.82. The number of aliphatic hydroxyl groups excluding tert-OH is 1. The third-order valence-electron chi connectivity index (χ3n) is 3.33. The molecule has 0 saturated carbocycles. The Balaban J connectivity index is 2.02. The molecule has 0 aliphatic heterocycles. The summed E-state index contributed by atoms with van der Waals surface area (Å²) in [7, 11) is 0. The van der Waals surface area contributed by atoms with Crippen LogP contribution in [0.25, 0.3) is 10.9 Å². The quantitative estimate of drug-likeness (QED) is 0.833. The van der Waals surface area contributed by atoms with Crippen molar-refractivity contribution in [1.82, 2.24) is 9.88 Å². The molecule has 1 aromatic heterocycles. The molecular formula is C15H20N2O2. The predicted octanol–water partition coefficient (Wildman–Crippen LogP) is 1.92. The van der Waals surface area contributed by atoms with Crippen molar-refractivity contribution in [2.24, 2.45) is 0 Å². The largest absolute Gasteiger partial charge is 0.396 e. The van der Waals surface area contributed by atoms with E-state index in [2.05, 4.69) is 5.32 Å². The molecule has 0 aliphatic carbocycles. The fourth-order valence-corrected chi connectivity index (χ4v) is 2.24. The molecule has 0 fully saturated rings. The topological polar surface area (TPSA) is 54.3 Å². The van der Waals surface area contributed by atoms with Gasteiger partial charge in [0.05, 0.1) is 0 Å². The second kappa shape index (κ2) is 6.38. The number of aliphatic hydroxyl groups is 1. The van der Waals surface area contributed by atoms with Crippen molar-refractivity contribution >= 4 is 16.8 Å². The van der Waals surface area contributed by atoms with Crippen molar-refractivity contribution in [1.29, 1.82) is 0 Å². The lowest BCUT2D eigenvalue weighted by molar-refractivity contribution is -0.122. The Bertz CT molecular complexity index is 548. The molecule has 0 saturated heterocycles. The van der Waals surface area contributed by atoms with Gasteiger partial charge in [-0.15, -0.1) is 0 Å². The summed E-state index contributed by atoms with van der Waals surface area (Å²) in [6.45, 7) is 2.42. The SMILES string of the molecule is CCC(CCO)NC(=O)Cn1ccc2ccccc21. The third-order valence-corrected chi connectivity index (χ3v) is 3.33. The van der Waals surface area contributed by atoms with E-state index in [1.807, 2.05) is 48.0 Å². The molecule has 0 bridgehead atoms. The first-order chi connectivity index (χ1) is 9.24. The monoisotopic (exact) mass is 260 g/mol. The first-order valence-electron chi connectivity index (χ1n) is 6.68. The fourth-order valence-electron chi connectivity index (χ4n) is 2.24. The van der Waals surface area contributed by atoms with Crippen LogP contribution < -0.4 is 5.32 Å². The number of nitrogens with one attached hydrogen (secondary N) is 1. The number of hydrogen-bond acceptors (Lipinski definition) is 2. The molecule has 1 atom stereocenters. The van der Waals surface area contributed by atoms with Crippen LogP contribution in [-0.4, -0.2) is 28.2 Å². The molecule has 2 aromatic rings. The van der Waals surface area contributed by atoms with Crippen LogP contribution in [0.3, 0.4) is 0 Å². The van der Waals surface area contributed by atoms with Crippen molar-refractivity contribution in [2.45, 2.75) is 32.4 Å². The molecule has 1 amide bonds. The molecule has 1 unspecified atom stereocenters. The number of nitrogens with zero attached hydrogens (tertiary/aromatic N) is 1. The maximum atomic E-state index is 12.0. The number of fused-ring (bicyclic) bond motifs is 1. The minimum atomic E-state index is -0.0124. The Morgan fingerprint density at radius 3 is 2.89 bits per heavy atom. The summed E-state index contributed by atoms with van der Waals surface area (Å²) in [4.78, 5) is 12.0. The average molecular weight is 260 g/mol. The van der Waals surface area contributed by atoms with E-state index in [4.69, 9.17) is 5.11 Å². The highest BCUT2D eigenvalue weighted by atomic mass is 16.3. The van der Waals surface area contributed by atoms with E-state index in [-0.39, 0.29) is 18.6 Å². The van der Waals surface area contributed by atoms with Gasteiger partial charge in [-0.1, -0.05) is 25.1 Å². The number of hydrogen-bond donors (Lipinski definition) is 2. The minimum absolute atomic E-state index is 0.0124. The predicted molar refractivity (Wildman–Crippen MR) is 75.9 cm³/mol. The highest BCUT2D eigenvalue weighted by Crippen LogP contribution is 2.14. The molecule has 2 rings (SSSR count). The zero-order valence-corrected chi connectivity index (χ0v) is 11.2. The van der Waals surface area contributed by atoms with Gasteiger partial charge in [0.2, 0.25) is 5.91 Å². The van der Waals surface area contributed by atoms with E-state index >= 15 is 0 Å². The molecule has 102 valence electrons. The fraction of sp³-hybridized carbons (Fsp3) is 0.400. The Morgan fingerprint density at radius 1 is 1.37 bits per heavy atom. The standard InChI is InChI=1S/C15H20N2O2/c1-2-13(8-10-18)16-15(19)11-17-9-7-12-5-3-4-6-14(12)17/h3-7,9,13,18H,2,8,10-11H2,1H3,(H,16,19). The van der Waals surface area contributed by atoms with E-state index in [0.717, 1.165) is 17.3 Å². The summed E-state index contributed by atoms with van der Waals surface area (Å²) >= 11 is 0. The molecule has 0 spiro atoms. The number of carbonyl (C=O) groups is 1. The van der Waals surface area contributed by atoms with E-state index < -0.39 is 0 Å². The van der Waals surface area contributed by atoms with E-state index in [0.29, 0.717) is 13.0 Å². The number of rotatable bonds is 6. The molecule has 4 nitrogen and oxygen atoms in total. The van der Waals surface area contributed by atoms with Gasteiger partial charge in [0, 0.05) is 24.4 Å². The summed E-state index contributed by atoms with van der Waals surface area (Å²) in [6, 6.07) is 10.1. The van der Waals surface area contributed by atoms with Gasteiger partial charge in [-0.2, -0.15) is 0 Å². The number of benzene rings is 1. The van der Waals surface area contributed by atoms with Crippen molar-refractivity contribution in [3.63, 3.8) is 0 Å². The summed E-state index contributed by atoms with van der Waals surface area (Å²) < 4.78 is 1.94. The number of aromatic nitrogens is 1. The Hall–Kier alpha value is -1.81. The zero-order chi connectivity index (χ0) is 13.7. The van der Waals surface area contributed by atoms with Crippen molar-refractivity contribution in [3.05, 3.63) is 36.5 Å². The van der Waals surface area contributed by atoms with Gasteiger partial charge >= 0.3 is 0 Å².